The Kier molecular flexibility index (Phi) is 2.86. The van der Waals surface area contributed by atoms with Gasteiger partial charge in [-0.25, -0.2) is 4.98 Å². The van der Waals surface area contributed by atoms with E-state index in [1.807, 2.05) is 6.92 Å². The molecule has 0 amide bonds. The van der Waals surface area contributed by atoms with E-state index in [4.69, 9.17) is 0 Å². The van der Waals surface area contributed by atoms with Crippen LogP contribution in [0.1, 0.15) is 40.4 Å². The highest BCUT2D eigenvalue weighted by molar-refractivity contribution is 7.09. The quantitative estimate of drug-likeness (QED) is 0.820. The van der Waals surface area contributed by atoms with Crippen molar-refractivity contribution in [1.29, 1.82) is 0 Å². The second-order valence-corrected chi connectivity index (χ2v) is 5.90. The lowest BCUT2D eigenvalue weighted by atomic mass is 9.76. The summed E-state index contributed by atoms with van der Waals surface area (Å²) >= 11 is 1.42. The molecule has 0 radical (unpaired) electrons. The van der Waals surface area contributed by atoms with Gasteiger partial charge >= 0.3 is 0 Å². The molecule has 0 bridgehead atoms. The third kappa shape index (κ3) is 2.44. The number of hydrogen-bond acceptors (Lipinski definition) is 4. The van der Waals surface area contributed by atoms with Crippen LogP contribution in [0.15, 0.2) is 0 Å². The molecular formula is C10H19N3S. The van der Waals surface area contributed by atoms with Crippen LogP contribution >= 0.6 is 11.5 Å². The number of nitrogens with zero attached hydrogens (tertiary/aromatic N) is 2. The Hall–Kier alpha value is -0.640. The van der Waals surface area contributed by atoms with Gasteiger partial charge in [0.25, 0.3) is 0 Å². The van der Waals surface area contributed by atoms with E-state index in [1.165, 1.54) is 11.5 Å². The van der Waals surface area contributed by atoms with E-state index in [0.29, 0.717) is 0 Å². The summed E-state index contributed by atoms with van der Waals surface area (Å²) in [7, 11) is 0. The van der Waals surface area contributed by atoms with E-state index >= 15 is 0 Å². The highest BCUT2D eigenvalue weighted by Gasteiger charge is 2.33. The lowest BCUT2D eigenvalue weighted by Crippen LogP contribution is -2.44. The number of anilines is 1. The number of rotatable bonds is 2. The fourth-order valence-corrected chi connectivity index (χ4v) is 1.54. The van der Waals surface area contributed by atoms with Crippen LogP contribution in [-0.4, -0.2) is 14.9 Å². The Morgan fingerprint density at radius 2 is 1.71 bits per heavy atom. The second-order valence-electron chi connectivity index (χ2n) is 5.15. The van der Waals surface area contributed by atoms with Gasteiger partial charge in [0.1, 0.15) is 5.82 Å². The predicted molar refractivity (Wildman–Crippen MR) is 61.8 cm³/mol. The first kappa shape index (κ1) is 11.4. The molecule has 80 valence electrons. The standard InChI is InChI=1S/C10H19N3S/c1-7-11-8(14-13-7)12-10(5,6)9(2,3)4/h1-6H3,(H,11,12,13). The number of aryl methyl sites for hydroxylation is 1. The van der Waals surface area contributed by atoms with E-state index in [2.05, 4.69) is 49.3 Å². The number of aromatic nitrogens is 2. The normalized spacial score (nSPS) is 13.0. The Morgan fingerprint density at radius 1 is 1.14 bits per heavy atom. The van der Waals surface area contributed by atoms with Crippen LogP contribution < -0.4 is 5.32 Å². The maximum atomic E-state index is 4.31. The second kappa shape index (κ2) is 3.50. The molecule has 3 nitrogen and oxygen atoms in total. The molecular weight excluding hydrogens is 194 g/mol. The van der Waals surface area contributed by atoms with Gasteiger partial charge in [0.15, 0.2) is 0 Å². The lowest BCUT2D eigenvalue weighted by molar-refractivity contribution is 0.254. The molecule has 0 aliphatic heterocycles. The zero-order valence-corrected chi connectivity index (χ0v) is 10.6. The first-order valence-corrected chi connectivity index (χ1v) is 5.58. The molecule has 0 saturated carbocycles. The van der Waals surface area contributed by atoms with Gasteiger partial charge in [-0.05, 0) is 26.2 Å². The third-order valence-electron chi connectivity index (χ3n) is 2.82. The van der Waals surface area contributed by atoms with Crippen molar-refractivity contribution >= 4 is 16.7 Å². The highest BCUT2D eigenvalue weighted by atomic mass is 32.1. The summed E-state index contributed by atoms with van der Waals surface area (Å²) in [6, 6.07) is 0. The van der Waals surface area contributed by atoms with Gasteiger partial charge in [0, 0.05) is 17.1 Å². The van der Waals surface area contributed by atoms with Gasteiger partial charge in [-0.2, -0.15) is 4.37 Å². The van der Waals surface area contributed by atoms with Crippen molar-refractivity contribution in [2.45, 2.75) is 47.1 Å². The van der Waals surface area contributed by atoms with Crippen molar-refractivity contribution in [3.8, 4) is 0 Å². The van der Waals surface area contributed by atoms with E-state index in [0.717, 1.165) is 11.0 Å². The Bertz CT molecular complexity index is 309. The predicted octanol–water partition coefficient (Wildman–Crippen LogP) is 3.08. The van der Waals surface area contributed by atoms with E-state index in [-0.39, 0.29) is 11.0 Å². The largest absolute Gasteiger partial charge is 0.355 e. The maximum Gasteiger partial charge on any atom is 0.202 e. The van der Waals surface area contributed by atoms with Crippen LogP contribution in [0, 0.1) is 12.3 Å². The topological polar surface area (TPSA) is 37.8 Å². The summed E-state index contributed by atoms with van der Waals surface area (Å²) in [5.41, 5.74) is 0.200. The van der Waals surface area contributed by atoms with Gasteiger partial charge < -0.3 is 5.32 Å². The van der Waals surface area contributed by atoms with Crippen molar-refractivity contribution in [1.82, 2.24) is 9.36 Å². The average molecular weight is 213 g/mol. The maximum absolute atomic E-state index is 4.31. The van der Waals surface area contributed by atoms with Gasteiger partial charge in [-0.15, -0.1) is 0 Å². The summed E-state index contributed by atoms with van der Waals surface area (Å²) in [6.45, 7) is 12.9. The smallest absolute Gasteiger partial charge is 0.202 e. The molecule has 0 unspecified atom stereocenters. The monoisotopic (exact) mass is 213 g/mol. The molecule has 1 N–H and O–H groups in total. The van der Waals surface area contributed by atoms with E-state index in [1.54, 1.807) is 0 Å². The van der Waals surface area contributed by atoms with Gasteiger partial charge in [-0.1, -0.05) is 20.8 Å². The number of nitrogens with one attached hydrogen (secondary N) is 1. The van der Waals surface area contributed by atoms with E-state index in [9.17, 15) is 0 Å². The minimum absolute atomic E-state index is 0.0129. The molecule has 0 spiro atoms. The van der Waals surface area contributed by atoms with Crippen LogP contribution in [0.3, 0.4) is 0 Å². The zero-order chi connectivity index (χ0) is 11.0. The molecule has 14 heavy (non-hydrogen) atoms. The molecule has 0 aromatic carbocycles. The molecule has 1 rings (SSSR count). The fourth-order valence-electron chi connectivity index (χ4n) is 0.803. The Balaban J connectivity index is 2.78. The Labute approximate surface area is 90.1 Å². The van der Waals surface area contributed by atoms with Crippen molar-refractivity contribution in [3.63, 3.8) is 0 Å². The molecule has 4 heteroatoms. The van der Waals surface area contributed by atoms with Crippen LogP contribution in [0.2, 0.25) is 0 Å². The van der Waals surface area contributed by atoms with Gasteiger partial charge in [0.2, 0.25) is 5.13 Å². The molecule has 1 aromatic rings. The van der Waals surface area contributed by atoms with Crippen molar-refractivity contribution < 1.29 is 0 Å². The summed E-state index contributed by atoms with van der Waals surface area (Å²) in [4.78, 5) is 4.31. The van der Waals surface area contributed by atoms with Crippen molar-refractivity contribution in [2.24, 2.45) is 5.41 Å². The zero-order valence-electron chi connectivity index (χ0n) is 9.80. The summed E-state index contributed by atoms with van der Waals surface area (Å²) < 4.78 is 4.15. The van der Waals surface area contributed by atoms with Crippen LogP contribution in [0.25, 0.3) is 0 Å². The Morgan fingerprint density at radius 3 is 2.07 bits per heavy atom. The minimum Gasteiger partial charge on any atom is -0.355 e. The highest BCUT2D eigenvalue weighted by Crippen LogP contribution is 2.33. The SMILES string of the molecule is Cc1nsc(NC(C)(C)C(C)(C)C)n1. The molecule has 0 atom stereocenters. The van der Waals surface area contributed by atoms with Crippen LogP contribution in [0.4, 0.5) is 5.13 Å². The van der Waals surface area contributed by atoms with Gasteiger partial charge in [0.05, 0.1) is 0 Å². The first-order chi connectivity index (χ1) is 6.22. The molecule has 0 aliphatic rings. The third-order valence-corrected chi connectivity index (χ3v) is 3.54. The van der Waals surface area contributed by atoms with Crippen molar-refractivity contribution in [2.75, 3.05) is 5.32 Å². The van der Waals surface area contributed by atoms with E-state index < -0.39 is 0 Å². The minimum atomic E-state index is 0.0129. The average Bonchev–Trinajstić information content (AvgIpc) is 2.31. The van der Waals surface area contributed by atoms with Crippen LogP contribution in [-0.2, 0) is 0 Å². The van der Waals surface area contributed by atoms with Crippen LogP contribution in [0.5, 0.6) is 0 Å². The summed E-state index contributed by atoms with van der Waals surface area (Å²) in [5, 5.41) is 4.33. The molecule has 1 aromatic heterocycles. The molecule has 0 saturated heterocycles. The molecule has 1 heterocycles. The molecule has 0 fully saturated rings. The lowest BCUT2D eigenvalue weighted by Gasteiger charge is -2.39. The number of hydrogen-bond donors (Lipinski definition) is 1. The summed E-state index contributed by atoms with van der Waals surface area (Å²) in [6.07, 6.45) is 0. The summed E-state index contributed by atoms with van der Waals surface area (Å²) in [5.74, 6) is 0.835. The van der Waals surface area contributed by atoms with Gasteiger partial charge in [-0.3, -0.25) is 0 Å². The van der Waals surface area contributed by atoms with Crippen molar-refractivity contribution in [3.05, 3.63) is 5.82 Å². The first-order valence-electron chi connectivity index (χ1n) is 4.81. The molecule has 0 aliphatic carbocycles. The fraction of sp³-hybridized carbons (Fsp3) is 0.800.